The fraction of sp³-hybridized carbons (Fsp3) is 0.368. The number of carbonyl (C=O) groups is 2. The van der Waals surface area contributed by atoms with Gasteiger partial charge in [-0.2, -0.15) is 0 Å². The molecule has 132 valence electrons. The molecule has 1 N–H and O–H groups in total. The average molecular weight is 360 g/mol. The molecule has 1 amide bonds. The smallest absolute Gasteiger partial charge is 0.270 e. The highest BCUT2D eigenvalue weighted by molar-refractivity contribution is 6.30. The van der Waals surface area contributed by atoms with Gasteiger partial charge in [-0.1, -0.05) is 23.7 Å². The molecule has 25 heavy (non-hydrogen) atoms. The van der Waals surface area contributed by atoms with Crippen LogP contribution in [-0.4, -0.2) is 53.2 Å². The standard InChI is InChI=1S/C19H22ClN3O2/c1-22(12-14-5-4-6-16(20)9-14)13-18(24)15-10-17(21-11-15)19(25)23-7-2-3-8-23/h4-6,9-11,21H,2-3,7-8,12-13H2,1H3. The van der Waals surface area contributed by atoms with Crippen molar-refractivity contribution < 1.29 is 9.59 Å². The lowest BCUT2D eigenvalue weighted by atomic mass is 10.1. The Morgan fingerprint density at radius 3 is 2.72 bits per heavy atom. The monoisotopic (exact) mass is 359 g/mol. The van der Waals surface area contributed by atoms with Crippen molar-refractivity contribution in [3.63, 3.8) is 0 Å². The number of benzene rings is 1. The predicted octanol–water partition coefficient (Wildman–Crippen LogP) is 3.22. The van der Waals surface area contributed by atoms with Crippen molar-refractivity contribution in [2.24, 2.45) is 0 Å². The van der Waals surface area contributed by atoms with Crippen molar-refractivity contribution in [1.82, 2.24) is 14.8 Å². The maximum Gasteiger partial charge on any atom is 0.270 e. The number of amides is 1. The maximum atomic E-state index is 12.5. The number of aromatic nitrogens is 1. The summed E-state index contributed by atoms with van der Waals surface area (Å²) in [5, 5.41) is 0.688. The van der Waals surface area contributed by atoms with Crippen LogP contribution in [0.3, 0.4) is 0 Å². The van der Waals surface area contributed by atoms with Crippen molar-refractivity contribution in [2.45, 2.75) is 19.4 Å². The Hall–Kier alpha value is -2.11. The highest BCUT2D eigenvalue weighted by Gasteiger charge is 2.22. The molecular weight excluding hydrogens is 338 g/mol. The van der Waals surface area contributed by atoms with E-state index in [9.17, 15) is 9.59 Å². The van der Waals surface area contributed by atoms with Gasteiger partial charge in [0.2, 0.25) is 0 Å². The lowest BCUT2D eigenvalue weighted by Crippen LogP contribution is -2.28. The molecule has 1 fully saturated rings. The number of H-pyrrole nitrogens is 1. The first-order chi connectivity index (χ1) is 12.0. The fourth-order valence-corrected chi connectivity index (χ4v) is 3.32. The predicted molar refractivity (Wildman–Crippen MR) is 98.0 cm³/mol. The van der Waals surface area contributed by atoms with Crippen molar-refractivity contribution in [3.05, 3.63) is 58.4 Å². The van der Waals surface area contributed by atoms with Crippen LogP contribution in [-0.2, 0) is 6.54 Å². The zero-order chi connectivity index (χ0) is 17.8. The van der Waals surface area contributed by atoms with Crippen LogP contribution >= 0.6 is 11.6 Å². The lowest BCUT2D eigenvalue weighted by molar-refractivity contribution is 0.0787. The Kier molecular flexibility index (Phi) is 5.56. The van der Waals surface area contributed by atoms with E-state index in [0.717, 1.165) is 31.5 Å². The molecule has 0 saturated carbocycles. The van der Waals surface area contributed by atoms with Gasteiger partial charge in [-0.3, -0.25) is 14.5 Å². The molecule has 6 heteroatoms. The quantitative estimate of drug-likeness (QED) is 0.806. The van der Waals surface area contributed by atoms with E-state index in [1.54, 1.807) is 12.3 Å². The minimum Gasteiger partial charge on any atom is -0.356 e. The third kappa shape index (κ3) is 4.50. The Balaban J connectivity index is 1.58. The van der Waals surface area contributed by atoms with Gasteiger partial charge in [-0.05, 0) is 43.7 Å². The van der Waals surface area contributed by atoms with Crippen LogP contribution in [0.15, 0.2) is 36.5 Å². The highest BCUT2D eigenvalue weighted by Crippen LogP contribution is 2.15. The third-order valence-corrected chi connectivity index (χ3v) is 4.62. The highest BCUT2D eigenvalue weighted by atomic mass is 35.5. The molecule has 0 radical (unpaired) electrons. The summed E-state index contributed by atoms with van der Waals surface area (Å²) in [5.41, 5.74) is 2.09. The van der Waals surface area contributed by atoms with E-state index in [1.807, 2.05) is 41.1 Å². The number of hydrogen-bond acceptors (Lipinski definition) is 3. The van der Waals surface area contributed by atoms with Crippen molar-refractivity contribution in [2.75, 3.05) is 26.7 Å². The largest absolute Gasteiger partial charge is 0.356 e. The van der Waals surface area contributed by atoms with Crippen LogP contribution in [0.25, 0.3) is 0 Å². The SMILES string of the molecule is CN(CC(=O)c1c[nH]c(C(=O)N2CCCC2)c1)Cc1cccc(Cl)c1. The number of nitrogens with one attached hydrogen (secondary N) is 1. The van der Waals surface area contributed by atoms with E-state index < -0.39 is 0 Å². The van der Waals surface area contributed by atoms with E-state index in [4.69, 9.17) is 11.6 Å². The summed E-state index contributed by atoms with van der Waals surface area (Å²) in [7, 11) is 1.89. The normalized spacial score (nSPS) is 14.3. The molecule has 1 saturated heterocycles. The van der Waals surface area contributed by atoms with Crippen LogP contribution in [0.2, 0.25) is 5.02 Å². The molecule has 5 nitrogen and oxygen atoms in total. The number of carbonyl (C=O) groups excluding carboxylic acids is 2. The van der Waals surface area contributed by atoms with Gasteiger partial charge in [0, 0.05) is 36.4 Å². The van der Waals surface area contributed by atoms with Gasteiger partial charge >= 0.3 is 0 Å². The van der Waals surface area contributed by atoms with E-state index in [0.29, 0.717) is 22.8 Å². The van der Waals surface area contributed by atoms with Gasteiger partial charge in [0.05, 0.1) is 6.54 Å². The molecule has 1 aromatic heterocycles. The first kappa shape index (κ1) is 17.7. The molecule has 0 aliphatic carbocycles. The van der Waals surface area contributed by atoms with Crippen molar-refractivity contribution >= 4 is 23.3 Å². The molecule has 0 bridgehead atoms. The molecule has 1 aliphatic heterocycles. The summed E-state index contributed by atoms with van der Waals surface area (Å²) in [5.74, 6) is -0.0370. The number of nitrogens with zero attached hydrogens (tertiary/aromatic N) is 2. The second-order valence-electron chi connectivity index (χ2n) is 6.53. The molecule has 0 atom stereocenters. The minimum atomic E-state index is -0.0242. The van der Waals surface area contributed by atoms with Crippen molar-refractivity contribution in [1.29, 1.82) is 0 Å². The summed E-state index contributed by atoms with van der Waals surface area (Å²) >= 11 is 5.99. The molecule has 2 heterocycles. The lowest BCUT2D eigenvalue weighted by Gasteiger charge is -2.15. The molecule has 1 aliphatic rings. The van der Waals surface area contributed by atoms with Crippen LogP contribution in [0, 0.1) is 0 Å². The van der Waals surface area contributed by atoms with Crippen LogP contribution in [0.4, 0.5) is 0 Å². The van der Waals surface area contributed by atoms with E-state index >= 15 is 0 Å². The second-order valence-corrected chi connectivity index (χ2v) is 6.96. The van der Waals surface area contributed by atoms with Gasteiger partial charge in [0.15, 0.2) is 5.78 Å². The van der Waals surface area contributed by atoms with Crippen LogP contribution < -0.4 is 0 Å². The Morgan fingerprint density at radius 2 is 2.00 bits per heavy atom. The molecular formula is C19H22ClN3O2. The van der Waals surface area contributed by atoms with E-state index in [2.05, 4.69) is 4.98 Å². The molecule has 2 aromatic rings. The van der Waals surface area contributed by atoms with Gasteiger partial charge in [-0.25, -0.2) is 0 Å². The first-order valence-electron chi connectivity index (χ1n) is 8.47. The number of rotatable bonds is 6. The number of likely N-dealkylation sites (N-methyl/N-ethyl adjacent to an activating group) is 1. The number of ketones is 1. The summed E-state index contributed by atoms with van der Waals surface area (Å²) < 4.78 is 0. The average Bonchev–Trinajstić information content (AvgIpc) is 3.26. The molecule has 1 aromatic carbocycles. The Labute approximate surface area is 152 Å². The Bertz CT molecular complexity index is 766. The maximum absolute atomic E-state index is 12.5. The number of Topliss-reactive ketones (excluding diaryl/α,β-unsaturated/α-hetero) is 1. The number of hydrogen-bond donors (Lipinski definition) is 1. The van der Waals surface area contributed by atoms with Gasteiger partial charge in [-0.15, -0.1) is 0 Å². The third-order valence-electron chi connectivity index (χ3n) is 4.38. The van der Waals surface area contributed by atoms with Gasteiger partial charge in [0.1, 0.15) is 5.69 Å². The molecule has 0 spiro atoms. The Morgan fingerprint density at radius 1 is 1.24 bits per heavy atom. The minimum absolute atomic E-state index is 0.0127. The zero-order valence-electron chi connectivity index (χ0n) is 14.3. The molecule has 3 rings (SSSR count). The summed E-state index contributed by atoms with van der Waals surface area (Å²) in [4.78, 5) is 31.5. The topological polar surface area (TPSA) is 56.4 Å². The molecule has 0 unspecified atom stereocenters. The number of likely N-dealkylation sites (tertiary alicyclic amines) is 1. The van der Waals surface area contributed by atoms with Crippen molar-refractivity contribution in [3.8, 4) is 0 Å². The van der Waals surface area contributed by atoms with E-state index in [1.165, 1.54) is 0 Å². The number of aromatic amines is 1. The second kappa shape index (κ2) is 7.85. The summed E-state index contributed by atoms with van der Waals surface area (Å²) in [6, 6.07) is 9.27. The first-order valence-corrected chi connectivity index (χ1v) is 8.84. The summed E-state index contributed by atoms with van der Waals surface area (Å²) in [6.07, 6.45) is 3.72. The zero-order valence-corrected chi connectivity index (χ0v) is 15.1. The van der Waals surface area contributed by atoms with E-state index in [-0.39, 0.29) is 18.2 Å². The van der Waals surface area contributed by atoms with Gasteiger partial charge < -0.3 is 9.88 Å². The summed E-state index contributed by atoms with van der Waals surface area (Å²) in [6.45, 7) is 2.50. The van der Waals surface area contributed by atoms with Crippen LogP contribution in [0.5, 0.6) is 0 Å². The van der Waals surface area contributed by atoms with Gasteiger partial charge in [0.25, 0.3) is 5.91 Å². The fourth-order valence-electron chi connectivity index (χ4n) is 3.11. The van der Waals surface area contributed by atoms with Crippen LogP contribution in [0.1, 0.15) is 39.3 Å². The number of halogens is 1.